The third-order valence-electron chi connectivity index (χ3n) is 2.77. The summed E-state index contributed by atoms with van der Waals surface area (Å²) in [5.74, 6) is -0.640. The molecule has 1 saturated heterocycles. The highest BCUT2D eigenvalue weighted by Gasteiger charge is 2.33. The first-order valence-electron chi connectivity index (χ1n) is 5.38. The van der Waals surface area contributed by atoms with Crippen LogP contribution in [0.5, 0.6) is 0 Å². The van der Waals surface area contributed by atoms with Crippen LogP contribution in [0.2, 0.25) is 5.15 Å². The number of hydrogen-bond donors (Lipinski definition) is 1. The van der Waals surface area contributed by atoms with Crippen LogP contribution in [0.15, 0.2) is 16.7 Å². The van der Waals surface area contributed by atoms with Crippen molar-refractivity contribution in [2.45, 2.75) is 6.42 Å². The molecule has 0 spiro atoms. The van der Waals surface area contributed by atoms with Crippen molar-refractivity contribution in [1.29, 1.82) is 0 Å². The summed E-state index contributed by atoms with van der Waals surface area (Å²) in [5.41, 5.74) is 0.582. The van der Waals surface area contributed by atoms with E-state index in [0.717, 1.165) is 0 Å². The smallest absolute Gasteiger partial charge is 0.227 e. The third kappa shape index (κ3) is 3.65. The molecule has 0 bridgehead atoms. The molecular weight excluding hydrogens is 358 g/mol. The van der Waals surface area contributed by atoms with Gasteiger partial charge in [0.2, 0.25) is 15.9 Å². The van der Waals surface area contributed by atoms with Gasteiger partial charge in [-0.1, -0.05) is 11.6 Å². The number of nitrogens with two attached hydrogens (primary N) is 1. The van der Waals surface area contributed by atoms with Gasteiger partial charge in [0.25, 0.3) is 0 Å². The zero-order chi connectivity index (χ0) is 14.2. The molecule has 0 aliphatic carbocycles. The van der Waals surface area contributed by atoms with Gasteiger partial charge in [-0.25, -0.2) is 18.5 Å². The van der Waals surface area contributed by atoms with Crippen molar-refractivity contribution in [2.75, 3.05) is 17.2 Å². The highest BCUT2D eigenvalue weighted by molar-refractivity contribution is 9.10. The Morgan fingerprint density at radius 1 is 1.58 bits per heavy atom. The Hall–Kier alpha value is -0.700. The quantitative estimate of drug-likeness (QED) is 0.810. The van der Waals surface area contributed by atoms with Gasteiger partial charge < -0.3 is 4.90 Å². The highest BCUT2D eigenvalue weighted by atomic mass is 79.9. The molecule has 1 atom stereocenters. The Morgan fingerprint density at radius 2 is 2.26 bits per heavy atom. The monoisotopic (exact) mass is 367 g/mol. The van der Waals surface area contributed by atoms with E-state index in [1.165, 1.54) is 11.1 Å². The molecule has 0 saturated carbocycles. The molecule has 19 heavy (non-hydrogen) atoms. The first-order valence-corrected chi connectivity index (χ1v) is 8.27. The van der Waals surface area contributed by atoms with Crippen LogP contribution in [-0.4, -0.2) is 31.6 Å². The van der Waals surface area contributed by atoms with Crippen LogP contribution >= 0.6 is 27.5 Å². The Bertz CT molecular complexity index is 622. The summed E-state index contributed by atoms with van der Waals surface area (Å²) >= 11 is 9.01. The number of aromatic nitrogens is 1. The van der Waals surface area contributed by atoms with Crippen LogP contribution in [-0.2, 0) is 14.8 Å². The van der Waals surface area contributed by atoms with Crippen LogP contribution in [0, 0.1) is 5.92 Å². The minimum Gasteiger partial charge on any atom is -0.311 e. The minimum absolute atomic E-state index is 0.148. The van der Waals surface area contributed by atoms with Gasteiger partial charge in [0.15, 0.2) is 0 Å². The molecule has 9 heteroatoms. The Morgan fingerprint density at radius 3 is 2.84 bits per heavy atom. The summed E-state index contributed by atoms with van der Waals surface area (Å²) in [5, 5.41) is 5.30. The maximum atomic E-state index is 11.9. The fourth-order valence-electron chi connectivity index (χ4n) is 2.03. The largest absolute Gasteiger partial charge is 0.311 e. The van der Waals surface area contributed by atoms with Gasteiger partial charge in [0.05, 0.1) is 22.1 Å². The molecule has 1 amide bonds. The fraction of sp³-hybridized carbons (Fsp3) is 0.400. The normalized spacial score (nSPS) is 20.1. The highest BCUT2D eigenvalue weighted by Crippen LogP contribution is 2.29. The van der Waals surface area contributed by atoms with Crippen molar-refractivity contribution in [3.05, 3.63) is 21.9 Å². The standard InChI is InChI=1S/C10H11BrClN3O3S/c11-8-2-7(3-14-10(8)12)15-4-6(1-9(15)16)5-19(13,17)18/h2-3,6H,1,4-5H2,(H2,13,17,18). The number of anilines is 1. The van der Waals surface area contributed by atoms with Gasteiger partial charge in [-0.05, 0) is 22.0 Å². The summed E-state index contributed by atoms with van der Waals surface area (Å²) in [6.07, 6.45) is 1.64. The van der Waals surface area contributed by atoms with Gasteiger partial charge in [0.1, 0.15) is 5.15 Å². The van der Waals surface area contributed by atoms with E-state index in [0.29, 0.717) is 21.9 Å². The number of rotatable bonds is 3. The molecule has 1 aromatic rings. The van der Waals surface area contributed by atoms with Crippen molar-refractivity contribution in [3.63, 3.8) is 0 Å². The molecule has 1 aliphatic heterocycles. The fourth-order valence-corrected chi connectivity index (χ4v) is 3.35. The number of pyridine rings is 1. The van der Waals surface area contributed by atoms with E-state index < -0.39 is 10.0 Å². The van der Waals surface area contributed by atoms with Crippen molar-refractivity contribution in [3.8, 4) is 0 Å². The van der Waals surface area contributed by atoms with Crippen LogP contribution < -0.4 is 10.0 Å². The first kappa shape index (κ1) is 14.7. The van der Waals surface area contributed by atoms with E-state index in [2.05, 4.69) is 20.9 Å². The maximum absolute atomic E-state index is 11.9. The van der Waals surface area contributed by atoms with E-state index in [1.54, 1.807) is 6.07 Å². The third-order valence-corrected chi connectivity index (χ3v) is 4.84. The molecule has 1 aliphatic rings. The molecule has 1 unspecified atom stereocenters. The molecule has 2 heterocycles. The number of hydrogen-bond acceptors (Lipinski definition) is 4. The van der Waals surface area contributed by atoms with Gasteiger partial charge in [-0.2, -0.15) is 0 Å². The Kier molecular flexibility index (Phi) is 4.14. The lowest BCUT2D eigenvalue weighted by molar-refractivity contribution is -0.117. The van der Waals surface area contributed by atoms with Crippen LogP contribution in [0.25, 0.3) is 0 Å². The number of amides is 1. The van der Waals surface area contributed by atoms with Crippen LogP contribution in [0.1, 0.15) is 6.42 Å². The van der Waals surface area contributed by atoms with E-state index in [1.807, 2.05) is 0 Å². The molecular formula is C10H11BrClN3O3S. The zero-order valence-electron chi connectivity index (χ0n) is 9.71. The average molecular weight is 369 g/mol. The van der Waals surface area contributed by atoms with Crippen molar-refractivity contribution >= 4 is 49.1 Å². The molecule has 2 N–H and O–H groups in total. The lowest BCUT2D eigenvalue weighted by atomic mass is 10.1. The van der Waals surface area contributed by atoms with Crippen molar-refractivity contribution in [2.24, 2.45) is 11.1 Å². The van der Waals surface area contributed by atoms with E-state index in [9.17, 15) is 13.2 Å². The first-order chi connectivity index (χ1) is 8.76. The van der Waals surface area contributed by atoms with E-state index in [-0.39, 0.29) is 24.0 Å². The summed E-state index contributed by atoms with van der Waals surface area (Å²) in [6.45, 7) is 0.311. The van der Waals surface area contributed by atoms with E-state index >= 15 is 0 Å². The number of nitrogens with zero attached hydrogens (tertiary/aromatic N) is 2. The molecule has 104 valence electrons. The molecule has 1 fully saturated rings. The number of halogens is 2. The van der Waals surface area contributed by atoms with E-state index in [4.69, 9.17) is 16.7 Å². The topological polar surface area (TPSA) is 93.4 Å². The average Bonchev–Trinajstić information content (AvgIpc) is 2.61. The number of carbonyl (C=O) groups is 1. The zero-order valence-corrected chi connectivity index (χ0v) is 12.9. The molecule has 0 aromatic carbocycles. The predicted octanol–water partition coefficient (Wildman–Crippen LogP) is 1.14. The SMILES string of the molecule is NS(=O)(=O)CC1CC(=O)N(c2cnc(Cl)c(Br)c2)C1. The number of carbonyl (C=O) groups excluding carboxylic acids is 1. The lowest BCUT2D eigenvalue weighted by Crippen LogP contribution is -2.27. The molecule has 6 nitrogen and oxygen atoms in total. The van der Waals surface area contributed by atoms with Gasteiger partial charge in [-0.15, -0.1) is 0 Å². The van der Waals surface area contributed by atoms with Crippen molar-refractivity contribution < 1.29 is 13.2 Å². The van der Waals surface area contributed by atoms with Gasteiger partial charge >= 0.3 is 0 Å². The summed E-state index contributed by atoms with van der Waals surface area (Å²) in [7, 11) is -3.58. The predicted molar refractivity (Wildman–Crippen MR) is 75.4 cm³/mol. The molecule has 1 aromatic heterocycles. The van der Waals surface area contributed by atoms with Crippen molar-refractivity contribution in [1.82, 2.24) is 4.98 Å². The van der Waals surface area contributed by atoms with Gasteiger partial charge in [0, 0.05) is 18.9 Å². The lowest BCUT2D eigenvalue weighted by Gasteiger charge is -2.16. The number of primary sulfonamides is 1. The summed E-state index contributed by atoms with van der Waals surface area (Å²) in [6, 6.07) is 1.67. The van der Waals surface area contributed by atoms with Crippen LogP contribution in [0.3, 0.4) is 0 Å². The second kappa shape index (κ2) is 5.35. The molecule has 2 rings (SSSR count). The number of sulfonamides is 1. The minimum atomic E-state index is -3.58. The Labute approximate surface area is 124 Å². The Balaban J connectivity index is 2.18. The van der Waals surface area contributed by atoms with Crippen LogP contribution in [0.4, 0.5) is 5.69 Å². The van der Waals surface area contributed by atoms with Gasteiger partial charge in [-0.3, -0.25) is 4.79 Å². The summed E-state index contributed by atoms with van der Waals surface area (Å²) in [4.78, 5) is 17.3. The maximum Gasteiger partial charge on any atom is 0.227 e. The second-order valence-electron chi connectivity index (χ2n) is 4.37. The molecule has 0 radical (unpaired) electrons. The second-order valence-corrected chi connectivity index (χ2v) is 7.24. The summed E-state index contributed by atoms with van der Waals surface area (Å²) < 4.78 is 22.7.